The van der Waals surface area contributed by atoms with E-state index in [0.29, 0.717) is 19.6 Å². The standard InChI is InChI=1S/C29H37N5O4/c1-37-25-11-3-2-10-24(25)33-14-16-34(17-15-33)28-26(38-27(21-35)29(28)36)20-32(18-22-8-4-6-12-30-22)19-23-9-5-7-13-31-23/h2-13,26-29,35-36H,14-21H2,1H3/t26-,27+,28+,29-/m1/s1. The molecule has 2 saturated heterocycles. The van der Waals surface area contributed by atoms with Crippen LogP contribution >= 0.6 is 0 Å². The number of hydrogen-bond acceptors (Lipinski definition) is 9. The highest BCUT2D eigenvalue weighted by molar-refractivity contribution is 5.58. The van der Waals surface area contributed by atoms with Crippen LogP contribution in [0.25, 0.3) is 0 Å². The summed E-state index contributed by atoms with van der Waals surface area (Å²) < 4.78 is 11.9. The zero-order valence-electron chi connectivity index (χ0n) is 21.8. The van der Waals surface area contributed by atoms with Crippen LogP contribution in [0.1, 0.15) is 11.4 Å². The Morgan fingerprint density at radius 3 is 2.11 bits per heavy atom. The summed E-state index contributed by atoms with van der Waals surface area (Å²) in [5, 5.41) is 21.2. The van der Waals surface area contributed by atoms with Crippen molar-refractivity contribution >= 4 is 5.69 Å². The van der Waals surface area contributed by atoms with Gasteiger partial charge in [0.2, 0.25) is 0 Å². The number of anilines is 1. The Morgan fingerprint density at radius 1 is 0.895 bits per heavy atom. The smallest absolute Gasteiger partial charge is 0.142 e. The van der Waals surface area contributed by atoms with Crippen LogP contribution in [0, 0.1) is 0 Å². The van der Waals surface area contributed by atoms with Crippen molar-refractivity contribution in [2.24, 2.45) is 0 Å². The Balaban J connectivity index is 1.31. The van der Waals surface area contributed by atoms with Crippen molar-refractivity contribution in [3.8, 4) is 5.75 Å². The number of aliphatic hydroxyl groups excluding tert-OH is 2. The Kier molecular flexibility index (Phi) is 8.83. The molecule has 0 saturated carbocycles. The highest BCUT2D eigenvalue weighted by Crippen LogP contribution is 2.31. The molecule has 2 fully saturated rings. The van der Waals surface area contributed by atoms with Gasteiger partial charge in [0.05, 0.1) is 42.9 Å². The van der Waals surface area contributed by atoms with E-state index in [0.717, 1.165) is 49.0 Å². The highest BCUT2D eigenvalue weighted by Gasteiger charge is 2.47. The Labute approximate surface area is 224 Å². The first-order chi connectivity index (χ1) is 18.7. The summed E-state index contributed by atoms with van der Waals surface area (Å²) in [4.78, 5) is 15.9. The highest BCUT2D eigenvalue weighted by atomic mass is 16.5. The van der Waals surface area contributed by atoms with E-state index in [9.17, 15) is 10.2 Å². The number of nitrogens with zero attached hydrogens (tertiary/aromatic N) is 5. The van der Waals surface area contributed by atoms with Gasteiger partial charge in [-0.15, -0.1) is 0 Å². The fourth-order valence-corrected chi connectivity index (χ4v) is 5.61. The van der Waals surface area contributed by atoms with Crippen molar-refractivity contribution < 1.29 is 19.7 Å². The van der Waals surface area contributed by atoms with Crippen molar-refractivity contribution in [1.29, 1.82) is 0 Å². The molecule has 0 spiro atoms. The average Bonchev–Trinajstić information content (AvgIpc) is 3.28. The SMILES string of the molecule is COc1ccccc1N1CCN([C@@H]2[C@H](O)[C@H](CO)O[C@@H]2CN(Cc2ccccn2)Cc2ccccn2)CC1. The van der Waals surface area contributed by atoms with E-state index in [2.05, 4.69) is 30.7 Å². The lowest BCUT2D eigenvalue weighted by atomic mass is 10.0. The maximum atomic E-state index is 11.2. The van der Waals surface area contributed by atoms with Gasteiger partial charge in [-0.1, -0.05) is 24.3 Å². The summed E-state index contributed by atoms with van der Waals surface area (Å²) in [7, 11) is 1.70. The van der Waals surface area contributed by atoms with Crippen LogP contribution in [-0.4, -0.2) is 101 Å². The quantitative estimate of drug-likeness (QED) is 0.416. The van der Waals surface area contributed by atoms with Gasteiger partial charge in [0, 0.05) is 58.2 Å². The van der Waals surface area contributed by atoms with Gasteiger partial charge in [0.1, 0.15) is 18.0 Å². The van der Waals surface area contributed by atoms with Crippen molar-refractivity contribution in [2.75, 3.05) is 51.3 Å². The summed E-state index contributed by atoms with van der Waals surface area (Å²) in [5.41, 5.74) is 3.00. The maximum Gasteiger partial charge on any atom is 0.142 e. The summed E-state index contributed by atoms with van der Waals surface area (Å²) in [6.45, 7) is 4.80. The van der Waals surface area contributed by atoms with E-state index < -0.39 is 12.2 Å². The molecule has 0 amide bonds. The van der Waals surface area contributed by atoms with Gasteiger partial charge in [0.15, 0.2) is 0 Å². The van der Waals surface area contributed by atoms with E-state index >= 15 is 0 Å². The monoisotopic (exact) mass is 519 g/mol. The predicted octanol–water partition coefficient (Wildman–Crippen LogP) is 1.80. The third-order valence-electron chi connectivity index (χ3n) is 7.46. The van der Waals surface area contributed by atoms with Crippen LogP contribution in [0.5, 0.6) is 5.75 Å². The van der Waals surface area contributed by atoms with Gasteiger partial charge in [-0.2, -0.15) is 0 Å². The number of pyridine rings is 2. The first kappa shape index (κ1) is 26.5. The molecule has 9 heteroatoms. The Hall–Kier alpha value is -3.08. The Morgan fingerprint density at radius 2 is 1.53 bits per heavy atom. The fraction of sp³-hybridized carbons (Fsp3) is 0.448. The molecular formula is C29H37N5O4. The molecule has 38 heavy (non-hydrogen) atoms. The number of benzene rings is 1. The lowest BCUT2D eigenvalue weighted by Crippen LogP contribution is -2.57. The van der Waals surface area contributed by atoms with E-state index in [1.807, 2.05) is 54.6 Å². The lowest BCUT2D eigenvalue weighted by Gasteiger charge is -2.42. The van der Waals surface area contributed by atoms with Gasteiger partial charge in [-0.3, -0.25) is 19.8 Å². The fourth-order valence-electron chi connectivity index (χ4n) is 5.61. The molecule has 2 aliphatic rings. The molecule has 4 heterocycles. The molecule has 2 N–H and O–H groups in total. The third-order valence-corrected chi connectivity index (χ3v) is 7.46. The molecule has 9 nitrogen and oxygen atoms in total. The molecule has 1 aromatic carbocycles. The molecule has 4 atom stereocenters. The first-order valence-electron chi connectivity index (χ1n) is 13.2. The summed E-state index contributed by atoms with van der Waals surface area (Å²) in [5.74, 6) is 0.864. The summed E-state index contributed by atoms with van der Waals surface area (Å²) in [6.07, 6.45) is 1.96. The molecule has 0 aliphatic carbocycles. The van der Waals surface area contributed by atoms with E-state index in [1.165, 1.54) is 0 Å². The van der Waals surface area contributed by atoms with E-state index in [4.69, 9.17) is 9.47 Å². The number of methoxy groups -OCH3 is 1. The number of rotatable bonds is 10. The minimum absolute atomic E-state index is 0.212. The number of para-hydroxylation sites is 2. The van der Waals surface area contributed by atoms with Crippen LogP contribution in [0.3, 0.4) is 0 Å². The van der Waals surface area contributed by atoms with E-state index in [-0.39, 0.29) is 18.8 Å². The topological polar surface area (TPSA) is 94.4 Å². The average molecular weight is 520 g/mol. The van der Waals surface area contributed by atoms with Crippen molar-refractivity contribution in [1.82, 2.24) is 19.8 Å². The molecule has 2 aliphatic heterocycles. The molecule has 5 rings (SSSR count). The minimum atomic E-state index is -0.769. The van der Waals surface area contributed by atoms with Crippen LogP contribution in [-0.2, 0) is 17.8 Å². The van der Waals surface area contributed by atoms with Gasteiger partial charge in [0.25, 0.3) is 0 Å². The summed E-state index contributed by atoms with van der Waals surface area (Å²) in [6, 6.07) is 19.7. The van der Waals surface area contributed by atoms with Gasteiger partial charge in [-0.25, -0.2) is 0 Å². The second kappa shape index (κ2) is 12.6. The number of aromatic nitrogens is 2. The number of hydrogen-bond donors (Lipinski definition) is 2. The lowest BCUT2D eigenvalue weighted by molar-refractivity contribution is -0.0327. The number of aliphatic hydroxyl groups is 2. The normalized spacial score (nSPS) is 24.2. The zero-order valence-corrected chi connectivity index (χ0v) is 21.8. The van der Waals surface area contributed by atoms with Gasteiger partial charge < -0.3 is 24.6 Å². The molecule has 2 aromatic heterocycles. The van der Waals surface area contributed by atoms with Gasteiger partial charge >= 0.3 is 0 Å². The predicted molar refractivity (Wildman–Crippen MR) is 145 cm³/mol. The van der Waals surface area contributed by atoms with Crippen molar-refractivity contribution in [3.05, 3.63) is 84.4 Å². The largest absolute Gasteiger partial charge is 0.495 e. The Bertz CT molecular complexity index is 1090. The molecule has 0 bridgehead atoms. The van der Waals surface area contributed by atoms with Crippen LogP contribution < -0.4 is 9.64 Å². The molecule has 0 radical (unpaired) electrons. The molecule has 3 aromatic rings. The van der Waals surface area contributed by atoms with Crippen LogP contribution in [0.15, 0.2) is 73.1 Å². The maximum absolute atomic E-state index is 11.2. The second-order valence-corrected chi connectivity index (χ2v) is 9.88. The minimum Gasteiger partial charge on any atom is -0.495 e. The number of ether oxygens (including phenoxy) is 2. The van der Waals surface area contributed by atoms with Crippen LogP contribution in [0.2, 0.25) is 0 Å². The molecular weight excluding hydrogens is 482 g/mol. The van der Waals surface area contributed by atoms with E-state index in [1.54, 1.807) is 19.5 Å². The number of piperazine rings is 1. The first-order valence-corrected chi connectivity index (χ1v) is 13.2. The zero-order chi connectivity index (χ0) is 26.3. The second-order valence-electron chi connectivity index (χ2n) is 9.88. The van der Waals surface area contributed by atoms with Crippen LogP contribution in [0.4, 0.5) is 5.69 Å². The van der Waals surface area contributed by atoms with Crippen molar-refractivity contribution in [3.63, 3.8) is 0 Å². The van der Waals surface area contributed by atoms with Gasteiger partial charge in [-0.05, 0) is 36.4 Å². The third kappa shape index (κ3) is 6.14. The summed E-state index contributed by atoms with van der Waals surface area (Å²) >= 11 is 0. The molecule has 202 valence electrons. The van der Waals surface area contributed by atoms with Crippen molar-refractivity contribution in [2.45, 2.75) is 37.4 Å². The molecule has 0 unspecified atom stereocenters.